The number of nitrogens with zero attached hydrogens (tertiary/aromatic N) is 5. The second-order valence-corrected chi connectivity index (χ2v) is 8.23. The van der Waals surface area contributed by atoms with Crippen molar-refractivity contribution in [1.29, 1.82) is 0 Å². The fourth-order valence-corrected chi connectivity index (χ4v) is 4.28. The lowest BCUT2D eigenvalue weighted by molar-refractivity contribution is 0.0746. The van der Waals surface area contributed by atoms with Gasteiger partial charge in [0.15, 0.2) is 11.2 Å². The number of rotatable bonds is 4. The number of aromatic amines is 1. The van der Waals surface area contributed by atoms with Gasteiger partial charge in [0.05, 0.1) is 6.54 Å². The Labute approximate surface area is 193 Å². The van der Waals surface area contributed by atoms with E-state index in [9.17, 15) is 18.8 Å². The molecule has 1 aliphatic heterocycles. The van der Waals surface area contributed by atoms with Gasteiger partial charge in [0.25, 0.3) is 11.5 Å². The normalized spacial score (nSPS) is 14.1. The summed E-state index contributed by atoms with van der Waals surface area (Å²) in [5, 5.41) is 0. The van der Waals surface area contributed by atoms with Gasteiger partial charge in [0, 0.05) is 44.4 Å². The molecular formula is C24H23FN6O3. The van der Waals surface area contributed by atoms with Crippen molar-refractivity contribution in [3.8, 4) is 0 Å². The standard InChI is InChI=1S/C24H23FN6O3/c1-28-20-19(21(32)27-24(28)34)31(15-17-9-5-6-10-18(17)25)23(26-20)30-13-11-29(12-14-30)22(33)16-7-3-2-4-8-16/h2-10H,11-15H2,1H3,(H,27,32,34). The summed E-state index contributed by atoms with van der Waals surface area (Å²) in [5.74, 6) is 0.0190. The zero-order chi connectivity index (χ0) is 23.8. The van der Waals surface area contributed by atoms with Gasteiger partial charge in [0.1, 0.15) is 5.82 Å². The Bertz CT molecular complexity index is 1480. The first kappa shape index (κ1) is 21.6. The van der Waals surface area contributed by atoms with E-state index in [2.05, 4.69) is 9.97 Å². The van der Waals surface area contributed by atoms with Crippen LogP contribution in [0, 0.1) is 5.82 Å². The maximum atomic E-state index is 14.5. The van der Waals surface area contributed by atoms with Crippen molar-refractivity contribution in [2.75, 3.05) is 31.1 Å². The maximum absolute atomic E-state index is 14.5. The van der Waals surface area contributed by atoms with Crippen molar-refractivity contribution in [2.45, 2.75) is 6.54 Å². The van der Waals surface area contributed by atoms with Crippen LogP contribution in [0.25, 0.3) is 11.2 Å². The molecule has 0 saturated carbocycles. The maximum Gasteiger partial charge on any atom is 0.329 e. The van der Waals surface area contributed by atoms with Crippen LogP contribution in [0.15, 0.2) is 64.2 Å². The Balaban J connectivity index is 1.51. The van der Waals surface area contributed by atoms with Crippen LogP contribution in [0.1, 0.15) is 15.9 Å². The molecule has 0 spiro atoms. The van der Waals surface area contributed by atoms with Gasteiger partial charge in [-0.25, -0.2) is 9.18 Å². The van der Waals surface area contributed by atoms with Gasteiger partial charge in [-0.15, -0.1) is 0 Å². The molecule has 0 aliphatic carbocycles. The van der Waals surface area contributed by atoms with E-state index in [1.807, 2.05) is 23.1 Å². The smallest absolute Gasteiger partial charge is 0.329 e. The molecule has 4 aromatic rings. The van der Waals surface area contributed by atoms with Crippen molar-refractivity contribution < 1.29 is 9.18 Å². The highest BCUT2D eigenvalue weighted by molar-refractivity contribution is 5.94. The van der Waals surface area contributed by atoms with E-state index in [0.717, 1.165) is 0 Å². The van der Waals surface area contributed by atoms with E-state index < -0.39 is 17.1 Å². The average molecular weight is 462 g/mol. The van der Waals surface area contributed by atoms with Crippen molar-refractivity contribution in [3.05, 3.63) is 92.4 Å². The molecule has 34 heavy (non-hydrogen) atoms. The van der Waals surface area contributed by atoms with E-state index in [1.165, 1.54) is 17.7 Å². The van der Waals surface area contributed by atoms with Crippen LogP contribution < -0.4 is 16.1 Å². The molecule has 10 heteroatoms. The SMILES string of the molecule is Cn1c(=O)[nH]c(=O)c2c1nc(N1CCN(C(=O)c3ccccc3)CC1)n2Cc1ccccc1F. The van der Waals surface area contributed by atoms with Gasteiger partial charge in [0.2, 0.25) is 5.95 Å². The highest BCUT2D eigenvalue weighted by Gasteiger charge is 2.27. The molecule has 1 amide bonds. The first-order chi connectivity index (χ1) is 16.4. The summed E-state index contributed by atoms with van der Waals surface area (Å²) in [5.41, 5.74) is 0.299. The molecule has 3 heterocycles. The number of hydrogen-bond acceptors (Lipinski definition) is 5. The van der Waals surface area contributed by atoms with Crippen LogP contribution in [0.3, 0.4) is 0 Å². The van der Waals surface area contributed by atoms with Crippen LogP contribution in [0.2, 0.25) is 0 Å². The van der Waals surface area contributed by atoms with Crippen LogP contribution in [-0.4, -0.2) is 56.1 Å². The van der Waals surface area contributed by atoms with Crippen molar-refractivity contribution >= 4 is 23.0 Å². The quantitative estimate of drug-likeness (QED) is 0.497. The minimum absolute atomic E-state index is 0.0426. The van der Waals surface area contributed by atoms with E-state index in [4.69, 9.17) is 0 Å². The summed E-state index contributed by atoms with van der Waals surface area (Å²) in [6, 6.07) is 15.4. The number of amides is 1. The Hall–Kier alpha value is -4.21. The molecule has 2 aromatic carbocycles. The topological polar surface area (TPSA) is 96.2 Å². The lowest BCUT2D eigenvalue weighted by atomic mass is 10.2. The summed E-state index contributed by atoms with van der Waals surface area (Å²) in [6.45, 7) is 1.96. The summed E-state index contributed by atoms with van der Waals surface area (Å²) in [7, 11) is 1.53. The Kier molecular flexibility index (Phi) is 5.48. The fraction of sp³-hybridized carbons (Fsp3) is 0.250. The lowest BCUT2D eigenvalue weighted by Gasteiger charge is -2.35. The fourth-order valence-electron chi connectivity index (χ4n) is 4.28. The summed E-state index contributed by atoms with van der Waals surface area (Å²) < 4.78 is 17.4. The molecule has 1 aliphatic rings. The Morgan fingerprint density at radius 1 is 1.00 bits per heavy atom. The van der Waals surface area contributed by atoms with E-state index in [0.29, 0.717) is 43.3 Å². The van der Waals surface area contributed by atoms with Crippen LogP contribution in [0.4, 0.5) is 10.3 Å². The number of imidazole rings is 1. The molecule has 0 unspecified atom stereocenters. The third kappa shape index (κ3) is 3.76. The third-order valence-electron chi connectivity index (χ3n) is 6.14. The number of halogens is 1. The first-order valence-electron chi connectivity index (χ1n) is 11.0. The number of benzene rings is 2. The van der Waals surface area contributed by atoms with Crippen molar-refractivity contribution in [3.63, 3.8) is 0 Å². The van der Waals surface area contributed by atoms with Crippen LogP contribution >= 0.6 is 0 Å². The van der Waals surface area contributed by atoms with Crippen LogP contribution in [-0.2, 0) is 13.6 Å². The van der Waals surface area contributed by atoms with Gasteiger partial charge in [-0.1, -0.05) is 36.4 Å². The molecule has 5 rings (SSSR count). The van der Waals surface area contributed by atoms with Gasteiger partial charge in [-0.2, -0.15) is 4.98 Å². The lowest BCUT2D eigenvalue weighted by Crippen LogP contribution is -2.49. The number of H-pyrrole nitrogens is 1. The van der Waals surface area contributed by atoms with E-state index in [-0.39, 0.29) is 23.6 Å². The predicted molar refractivity (Wildman–Crippen MR) is 126 cm³/mol. The van der Waals surface area contributed by atoms with Crippen molar-refractivity contribution in [1.82, 2.24) is 24.0 Å². The second-order valence-electron chi connectivity index (χ2n) is 8.23. The summed E-state index contributed by atoms with van der Waals surface area (Å²) in [6.07, 6.45) is 0. The predicted octanol–water partition coefficient (Wildman–Crippen LogP) is 1.57. The molecule has 0 bridgehead atoms. The number of anilines is 1. The minimum Gasteiger partial charge on any atom is -0.339 e. The zero-order valence-corrected chi connectivity index (χ0v) is 18.6. The van der Waals surface area contributed by atoms with E-state index >= 15 is 0 Å². The summed E-state index contributed by atoms with van der Waals surface area (Å²) >= 11 is 0. The first-order valence-corrected chi connectivity index (χ1v) is 11.0. The molecular weight excluding hydrogens is 439 g/mol. The largest absolute Gasteiger partial charge is 0.339 e. The number of carbonyl (C=O) groups excluding carboxylic acids is 1. The van der Waals surface area contributed by atoms with Crippen LogP contribution in [0.5, 0.6) is 0 Å². The highest BCUT2D eigenvalue weighted by atomic mass is 19.1. The molecule has 0 radical (unpaired) electrons. The number of aryl methyl sites for hydroxylation is 1. The zero-order valence-electron chi connectivity index (χ0n) is 18.6. The number of carbonyl (C=O) groups is 1. The molecule has 174 valence electrons. The second kappa shape index (κ2) is 8.62. The van der Waals surface area contributed by atoms with Gasteiger partial charge >= 0.3 is 5.69 Å². The molecule has 9 nitrogen and oxygen atoms in total. The minimum atomic E-state index is -0.578. The average Bonchev–Trinajstić information content (AvgIpc) is 3.24. The van der Waals surface area contributed by atoms with E-state index in [1.54, 1.807) is 39.8 Å². The molecule has 1 saturated heterocycles. The molecule has 2 aromatic heterocycles. The third-order valence-corrected chi connectivity index (χ3v) is 6.14. The Morgan fingerprint density at radius 3 is 2.38 bits per heavy atom. The van der Waals surface area contributed by atoms with Crippen molar-refractivity contribution in [2.24, 2.45) is 7.05 Å². The van der Waals surface area contributed by atoms with Gasteiger partial charge in [-0.05, 0) is 18.2 Å². The molecule has 1 fully saturated rings. The number of piperazine rings is 1. The Morgan fingerprint density at radius 2 is 1.68 bits per heavy atom. The highest BCUT2D eigenvalue weighted by Crippen LogP contribution is 2.23. The number of aromatic nitrogens is 4. The number of hydrogen-bond donors (Lipinski definition) is 1. The van der Waals surface area contributed by atoms with Gasteiger partial charge in [-0.3, -0.25) is 23.7 Å². The molecule has 0 atom stereocenters. The van der Waals surface area contributed by atoms with Gasteiger partial charge < -0.3 is 9.80 Å². The molecule has 1 N–H and O–H groups in total. The number of fused-ring (bicyclic) bond motifs is 1. The summed E-state index contributed by atoms with van der Waals surface area (Å²) in [4.78, 5) is 48.4. The number of nitrogens with one attached hydrogen (secondary N) is 1. The monoisotopic (exact) mass is 462 g/mol.